The normalized spacial score (nSPS) is 18.4. The third-order valence-corrected chi connectivity index (χ3v) is 6.55. The molecule has 0 radical (unpaired) electrons. The first-order valence-electron chi connectivity index (χ1n) is 7.67. The lowest BCUT2D eigenvalue weighted by molar-refractivity contribution is 0.516. The quantitative estimate of drug-likeness (QED) is 0.569. The first-order chi connectivity index (χ1) is 9.28. The van der Waals surface area contributed by atoms with Crippen molar-refractivity contribution in [1.82, 2.24) is 0 Å². The third-order valence-electron chi connectivity index (χ3n) is 3.89. The van der Waals surface area contributed by atoms with Gasteiger partial charge in [-0.1, -0.05) is 45.6 Å². The Morgan fingerprint density at radius 1 is 1.16 bits per heavy atom. The number of hydrogen-bond acceptors (Lipinski definition) is 2. The van der Waals surface area contributed by atoms with Crippen molar-refractivity contribution in [2.24, 2.45) is 5.92 Å². The molecule has 0 nitrogen and oxygen atoms in total. The molecule has 1 atom stereocenters. The fourth-order valence-corrected chi connectivity index (χ4v) is 4.85. The summed E-state index contributed by atoms with van der Waals surface area (Å²) in [6.45, 7) is 4.62. The van der Waals surface area contributed by atoms with Gasteiger partial charge in [0.25, 0.3) is 0 Å². The highest BCUT2D eigenvalue weighted by Gasteiger charge is 2.14. The van der Waals surface area contributed by atoms with Crippen molar-refractivity contribution in [3.63, 3.8) is 0 Å². The molecule has 19 heavy (non-hydrogen) atoms. The van der Waals surface area contributed by atoms with Crippen molar-refractivity contribution < 1.29 is 0 Å². The van der Waals surface area contributed by atoms with Crippen LogP contribution in [0.2, 0.25) is 0 Å². The summed E-state index contributed by atoms with van der Waals surface area (Å²) in [6, 6.07) is 9.17. The van der Waals surface area contributed by atoms with Crippen LogP contribution >= 0.6 is 23.5 Å². The van der Waals surface area contributed by atoms with Crippen LogP contribution in [0.25, 0.3) is 0 Å². The van der Waals surface area contributed by atoms with Crippen LogP contribution in [0.15, 0.2) is 34.1 Å². The molecule has 1 aliphatic rings. The largest absolute Gasteiger partial charge is 0.126 e. The Labute approximate surface area is 127 Å². The highest BCUT2D eigenvalue weighted by atomic mass is 32.2. The van der Waals surface area contributed by atoms with E-state index in [9.17, 15) is 0 Å². The van der Waals surface area contributed by atoms with E-state index in [2.05, 4.69) is 49.9 Å². The molecule has 0 aromatic heterocycles. The standard InChI is InChI=1S/C17H26S2/c1-3-14(2)13-18-16-10-7-11-17(12-16)19-15-8-5-4-6-9-15/h7,10-12,14-15H,3-6,8-9,13H2,1-2H3. The zero-order valence-corrected chi connectivity index (χ0v) is 13.9. The van der Waals surface area contributed by atoms with E-state index in [1.807, 2.05) is 11.8 Å². The molecule has 1 fully saturated rings. The van der Waals surface area contributed by atoms with Crippen molar-refractivity contribution in [2.45, 2.75) is 67.4 Å². The van der Waals surface area contributed by atoms with E-state index in [0.717, 1.165) is 11.2 Å². The summed E-state index contributed by atoms with van der Waals surface area (Å²) in [4.78, 5) is 2.92. The van der Waals surface area contributed by atoms with Gasteiger partial charge in [-0.05, 0) is 37.0 Å². The number of thioether (sulfide) groups is 2. The van der Waals surface area contributed by atoms with Gasteiger partial charge in [0.05, 0.1) is 0 Å². The van der Waals surface area contributed by atoms with Crippen LogP contribution in [-0.2, 0) is 0 Å². The molecule has 1 saturated carbocycles. The second kappa shape index (κ2) is 8.26. The van der Waals surface area contributed by atoms with Crippen LogP contribution in [0.1, 0.15) is 52.4 Å². The Hall–Kier alpha value is -0.0800. The van der Waals surface area contributed by atoms with Crippen molar-refractivity contribution in [2.75, 3.05) is 5.75 Å². The molecule has 0 bridgehead atoms. The predicted molar refractivity (Wildman–Crippen MR) is 89.4 cm³/mol. The minimum Gasteiger partial charge on any atom is -0.126 e. The van der Waals surface area contributed by atoms with Gasteiger partial charge in [0.1, 0.15) is 0 Å². The zero-order chi connectivity index (χ0) is 13.5. The summed E-state index contributed by atoms with van der Waals surface area (Å²) in [5.41, 5.74) is 0. The summed E-state index contributed by atoms with van der Waals surface area (Å²) >= 11 is 4.12. The van der Waals surface area contributed by atoms with Crippen molar-refractivity contribution in [3.05, 3.63) is 24.3 Å². The highest BCUT2D eigenvalue weighted by Crippen LogP contribution is 2.35. The summed E-state index contributed by atoms with van der Waals surface area (Å²) in [5, 5.41) is 0.864. The predicted octanol–water partition coefficient (Wildman–Crippen LogP) is 6.25. The maximum atomic E-state index is 2.40. The van der Waals surface area contributed by atoms with Crippen LogP contribution in [0.3, 0.4) is 0 Å². The Morgan fingerprint density at radius 3 is 2.63 bits per heavy atom. The summed E-state index contributed by atoms with van der Waals surface area (Å²) < 4.78 is 0. The number of benzene rings is 1. The van der Waals surface area contributed by atoms with Crippen LogP contribution in [0.4, 0.5) is 0 Å². The molecule has 0 saturated heterocycles. The molecule has 1 aliphatic carbocycles. The van der Waals surface area contributed by atoms with E-state index in [4.69, 9.17) is 0 Å². The molecule has 2 heteroatoms. The molecular formula is C17H26S2. The summed E-state index contributed by atoms with van der Waals surface area (Å²) in [5.74, 6) is 2.06. The first-order valence-corrected chi connectivity index (χ1v) is 9.54. The second-order valence-electron chi connectivity index (χ2n) is 5.68. The van der Waals surface area contributed by atoms with Gasteiger partial charge in [-0.3, -0.25) is 0 Å². The Bertz CT molecular complexity index is 369. The molecular weight excluding hydrogens is 268 g/mol. The van der Waals surface area contributed by atoms with Crippen LogP contribution < -0.4 is 0 Å². The lowest BCUT2D eigenvalue weighted by atomic mass is 10.0. The van der Waals surface area contributed by atoms with E-state index in [-0.39, 0.29) is 0 Å². The van der Waals surface area contributed by atoms with E-state index >= 15 is 0 Å². The van der Waals surface area contributed by atoms with Gasteiger partial charge in [-0.25, -0.2) is 0 Å². The lowest BCUT2D eigenvalue weighted by Gasteiger charge is -2.21. The molecule has 0 heterocycles. The van der Waals surface area contributed by atoms with Crippen LogP contribution in [-0.4, -0.2) is 11.0 Å². The topological polar surface area (TPSA) is 0 Å². The van der Waals surface area contributed by atoms with E-state index in [0.29, 0.717) is 0 Å². The average Bonchev–Trinajstić information content (AvgIpc) is 2.46. The van der Waals surface area contributed by atoms with Crippen molar-refractivity contribution in [3.8, 4) is 0 Å². The van der Waals surface area contributed by atoms with Gasteiger partial charge >= 0.3 is 0 Å². The Balaban J connectivity index is 1.87. The van der Waals surface area contributed by atoms with E-state index in [1.54, 1.807) is 0 Å². The van der Waals surface area contributed by atoms with E-state index < -0.39 is 0 Å². The Morgan fingerprint density at radius 2 is 1.89 bits per heavy atom. The number of rotatable bonds is 6. The zero-order valence-electron chi connectivity index (χ0n) is 12.2. The third kappa shape index (κ3) is 5.43. The molecule has 1 aromatic carbocycles. The smallest absolute Gasteiger partial charge is 0.00944 e. The van der Waals surface area contributed by atoms with Crippen molar-refractivity contribution >= 4 is 23.5 Å². The van der Waals surface area contributed by atoms with Gasteiger partial charge in [-0.15, -0.1) is 23.5 Å². The van der Waals surface area contributed by atoms with Gasteiger partial charge in [0, 0.05) is 20.8 Å². The summed E-state index contributed by atoms with van der Waals surface area (Å²) in [6.07, 6.45) is 8.41. The molecule has 0 N–H and O–H groups in total. The fraction of sp³-hybridized carbons (Fsp3) is 0.647. The molecule has 1 unspecified atom stereocenters. The second-order valence-corrected chi connectivity index (χ2v) is 8.14. The van der Waals surface area contributed by atoms with Gasteiger partial charge in [-0.2, -0.15) is 0 Å². The summed E-state index contributed by atoms with van der Waals surface area (Å²) in [7, 11) is 0. The molecule has 2 rings (SSSR count). The number of hydrogen-bond donors (Lipinski definition) is 0. The van der Waals surface area contributed by atoms with Crippen molar-refractivity contribution in [1.29, 1.82) is 0 Å². The van der Waals surface area contributed by atoms with Gasteiger partial charge in [0.15, 0.2) is 0 Å². The van der Waals surface area contributed by atoms with Gasteiger partial charge in [0.2, 0.25) is 0 Å². The highest BCUT2D eigenvalue weighted by molar-refractivity contribution is 8.00. The molecule has 0 spiro atoms. The average molecular weight is 295 g/mol. The van der Waals surface area contributed by atoms with Gasteiger partial charge < -0.3 is 0 Å². The monoisotopic (exact) mass is 294 g/mol. The van der Waals surface area contributed by atoms with Crippen LogP contribution in [0, 0.1) is 5.92 Å². The minimum absolute atomic E-state index is 0.819. The molecule has 1 aromatic rings. The molecule has 106 valence electrons. The van der Waals surface area contributed by atoms with E-state index in [1.165, 1.54) is 54.1 Å². The maximum Gasteiger partial charge on any atom is 0.00944 e. The molecule has 0 amide bonds. The minimum atomic E-state index is 0.819. The first kappa shape index (κ1) is 15.3. The SMILES string of the molecule is CCC(C)CSc1cccc(SC2CCCCC2)c1. The fourth-order valence-electron chi connectivity index (χ4n) is 2.37. The Kier molecular flexibility index (Phi) is 6.66. The maximum absolute atomic E-state index is 2.40. The lowest BCUT2D eigenvalue weighted by Crippen LogP contribution is -2.07. The molecule has 0 aliphatic heterocycles. The van der Waals surface area contributed by atoms with Crippen LogP contribution in [0.5, 0.6) is 0 Å².